The third-order valence-corrected chi connectivity index (χ3v) is 5.68. The molecular formula is C26H26N6O2. The van der Waals surface area contributed by atoms with E-state index in [0.29, 0.717) is 24.7 Å². The Morgan fingerprint density at radius 2 is 1.79 bits per heavy atom. The van der Waals surface area contributed by atoms with Crippen molar-refractivity contribution in [3.8, 4) is 17.2 Å². The fourth-order valence-corrected chi connectivity index (χ4v) is 4.14. The number of benzene rings is 2. The Balaban J connectivity index is 1.55. The van der Waals surface area contributed by atoms with Crippen LogP contribution in [0.15, 0.2) is 83.9 Å². The molecule has 5 rings (SSSR count). The zero-order valence-electron chi connectivity index (χ0n) is 19.1. The molecule has 1 atom stereocenters. The molecule has 2 aliphatic rings. The van der Waals surface area contributed by atoms with E-state index in [2.05, 4.69) is 27.1 Å². The molecule has 172 valence electrons. The van der Waals surface area contributed by atoms with E-state index < -0.39 is 0 Å². The van der Waals surface area contributed by atoms with Crippen LogP contribution in [-0.4, -0.2) is 40.4 Å². The predicted molar refractivity (Wildman–Crippen MR) is 135 cm³/mol. The minimum absolute atomic E-state index is 0.0423. The Labute approximate surface area is 198 Å². The number of aromatic nitrogens is 3. The van der Waals surface area contributed by atoms with Crippen LogP contribution in [0.25, 0.3) is 11.4 Å². The Hall–Kier alpha value is -4.33. The lowest BCUT2D eigenvalue weighted by Crippen LogP contribution is -2.37. The van der Waals surface area contributed by atoms with Crippen molar-refractivity contribution < 1.29 is 9.47 Å². The van der Waals surface area contributed by atoms with E-state index in [9.17, 15) is 0 Å². The van der Waals surface area contributed by atoms with Crippen molar-refractivity contribution in [2.75, 3.05) is 23.8 Å². The van der Waals surface area contributed by atoms with Gasteiger partial charge < -0.3 is 20.1 Å². The van der Waals surface area contributed by atoms with Crippen LogP contribution in [-0.2, 0) is 0 Å². The molecule has 1 aromatic heterocycles. The summed E-state index contributed by atoms with van der Waals surface area (Å²) in [4.78, 5) is 11.0. The van der Waals surface area contributed by atoms with Crippen molar-refractivity contribution in [1.29, 1.82) is 0 Å². The first-order valence-corrected chi connectivity index (χ1v) is 11.3. The molecular weight excluding hydrogens is 428 g/mol. The van der Waals surface area contributed by atoms with Crippen LogP contribution < -0.4 is 20.1 Å². The molecule has 0 saturated carbocycles. The second kappa shape index (κ2) is 9.27. The molecule has 34 heavy (non-hydrogen) atoms. The summed E-state index contributed by atoms with van der Waals surface area (Å²) in [5.41, 5.74) is 11.6. The summed E-state index contributed by atoms with van der Waals surface area (Å²) in [5.74, 6) is 1.45. The van der Waals surface area contributed by atoms with Crippen molar-refractivity contribution in [2.24, 2.45) is 4.99 Å². The summed E-state index contributed by atoms with van der Waals surface area (Å²) in [6, 6.07) is 11.7. The van der Waals surface area contributed by atoms with Gasteiger partial charge in [-0.05, 0) is 44.2 Å². The van der Waals surface area contributed by atoms with Gasteiger partial charge in [0, 0.05) is 28.6 Å². The summed E-state index contributed by atoms with van der Waals surface area (Å²) in [6.07, 6.45) is 13.3. The average Bonchev–Trinajstić information content (AvgIpc) is 3.40. The number of nitrogens with two attached hydrogens (primary N) is 1. The molecule has 2 heterocycles. The number of nitrogens with zero attached hydrogens (tertiary/aromatic N) is 5. The van der Waals surface area contributed by atoms with Crippen LogP contribution in [0, 0.1) is 0 Å². The highest BCUT2D eigenvalue weighted by atomic mass is 16.5. The number of hydrogen-bond acceptors (Lipinski definition) is 7. The Kier molecular flexibility index (Phi) is 5.86. The van der Waals surface area contributed by atoms with Gasteiger partial charge in [-0.25, -0.2) is 14.7 Å². The number of anilines is 2. The Morgan fingerprint density at radius 3 is 2.59 bits per heavy atom. The van der Waals surface area contributed by atoms with E-state index in [-0.39, 0.29) is 6.04 Å². The second-order valence-corrected chi connectivity index (χ2v) is 7.75. The van der Waals surface area contributed by atoms with Crippen molar-refractivity contribution in [3.63, 3.8) is 0 Å². The lowest BCUT2D eigenvalue weighted by atomic mass is 9.93. The van der Waals surface area contributed by atoms with Gasteiger partial charge in [0.15, 0.2) is 11.5 Å². The molecule has 0 radical (unpaired) electrons. The molecule has 0 fully saturated rings. The maximum absolute atomic E-state index is 6.40. The summed E-state index contributed by atoms with van der Waals surface area (Å²) < 4.78 is 13.3. The minimum atomic E-state index is -0.0423. The van der Waals surface area contributed by atoms with Crippen molar-refractivity contribution in [2.45, 2.75) is 19.9 Å². The van der Waals surface area contributed by atoms with Crippen molar-refractivity contribution >= 4 is 23.4 Å². The topological polar surface area (TPSA) is 90.8 Å². The predicted octanol–water partition coefficient (Wildman–Crippen LogP) is 4.40. The van der Waals surface area contributed by atoms with E-state index in [1.807, 2.05) is 68.7 Å². The van der Waals surface area contributed by atoms with Crippen molar-refractivity contribution in [1.82, 2.24) is 14.8 Å². The number of fused-ring (bicyclic) bond motifs is 1. The van der Waals surface area contributed by atoms with Gasteiger partial charge in [0.2, 0.25) is 0 Å². The average molecular weight is 455 g/mol. The van der Waals surface area contributed by atoms with Gasteiger partial charge in [-0.15, -0.1) is 0 Å². The lowest BCUT2D eigenvalue weighted by molar-refractivity contribution is 0.288. The Bertz CT molecular complexity index is 1310. The van der Waals surface area contributed by atoms with Gasteiger partial charge in [-0.1, -0.05) is 24.3 Å². The molecule has 1 unspecified atom stereocenters. The van der Waals surface area contributed by atoms with E-state index in [1.54, 1.807) is 11.0 Å². The largest absolute Gasteiger partial charge is 0.490 e. The number of rotatable bonds is 7. The van der Waals surface area contributed by atoms with Gasteiger partial charge in [0.1, 0.15) is 12.7 Å². The van der Waals surface area contributed by atoms with Crippen molar-refractivity contribution in [3.05, 3.63) is 84.5 Å². The number of allylic oxidation sites excluding steroid dienone is 2. The fourth-order valence-electron chi connectivity index (χ4n) is 4.14. The van der Waals surface area contributed by atoms with Crippen LogP contribution in [0.2, 0.25) is 0 Å². The van der Waals surface area contributed by atoms with Gasteiger partial charge in [-0.3, -0.25) is 0 Å². The first kappa shape index (κ1) is 21.5. The fraction of sp³-hybridized carbons (Fsp3) is 0.192. The molecule has 8 nitrogen and oxygen atoms in total. The van der Waals surface area contributed by atoms with Gasteiger partial charge >= 0.3 is 0 Å². The molecule has 8 heteroatoms. The number of hydrogen-bond donors (Lipinski definition) is 1. The SMILES string of the molecule is CCOc1ccc(N2C=NC(c3cc(-n4cncn4)ccc3N)=C3C=CC=CC32)cc1OCC. The monoisotopic (exact) mass is 454 g/mol. The summed E-state index contributed by atoms with van der Waals surface area (Å²) in [6.45, 7) is 5.05. The smallest absolute Gasteiger partial charge is 0.163 e. The zero-order valence-corrected chi connectivity index (χ0v) is 19.1. The third kappa shape index (κ3) is 3.94. The summed E-state index contributed by atoms with van der Waals surface area (Å²) in [5, 5.41) is 4.23. The quantitative estimate of drug-likeness (QED) is 0.532. The molecule has 1 aliphatic heterocycles. The molecule has 3 aromatic rings. The van der Waals surface area contributed by atoms with E-state index in [1.165, 1.54) is 6.33 Å². The second-order valence-electron chi connectivity index (χ2n) is 7.75. The van der Waals surface area contributed by atoms with Gasteiger partial charge in [0.05, 0.1) is 37.0 Å². The first-order valence-electron chi connectivity index (χ1n) is 11.3. The van der Waals surface area contributed by atoms with E-state index >= 15 is 0 Å². The molecule has 0 spiro atoms. The maximum Gasteiger partial charge on any atom is 0.163 e. The number of ether oxygens (including phenoxy) is 2. The standard InChI is InChI=1S/C26H26N6O2/c1-3-33-24-12-10-18(14-25(24)34-4-2)31-17-29-26(20-7-5-6-8-23(20)31)21-13-19(9-11-22(21)27)32-16-28-15-30-32/h5-17,23H,3-4,27H2,1-2H3. The molecule has 0 bridgehead atoms. The van der Waals surface area contributed by atoms with Gasteiger partial charge in [-0.2, -0.15) is 5.10 Å². The first-order chi connectivity index (χ1) is 16.7. The van der Waals surface area contributed by atoms with Crippen LogP contribution >= 0.6 is 0 Å². The molecule has 2 N–H and O–H groups in total. The lowest BCUT2D eigenvalue weighted by Gasteiger charge is -2.34. The summed E-state index contributed by atoms with van der Waals surface area (Å²) in [7, 11) is 0. The number of nitrogen functional groups attached to an aromatic ring is 1. The maximum atomic E-state index is 6.40. The van der Waals surface area contributed by atoms with E-state index in [0.717, 1.165) is 34.0 Å². The molecule has 0 saturated heterocycles. The van der Waals surface area contributed by atoms with Crippen LogP contribution in [0.4, 0.5) is 11.4 Å². The molecule has 0 amide bonds. The van der Waals surface area contributed by atoms with E-state index in [4.69, 9.17) is 20.2 Å². The van der Waals surface area contributed by atoms with Gasteiger partial charge in [0.25, 0.3) is 0 Å². The van der Waals surface area contributed by atoms with Crippen LogP contribution in [0.1, 0.15) is 19.4 Å². The Morgan fingerprint density at radius 1 is 0.971 bits per heavy atom. The summed E-state index contributed by atoms with van der Waals surface area (Å²) >= 11 is 0. The minimum Gasteiger partial charge on any atom is -0.490 e. The highest BCUT2D eigenvalue weighted by molar-refractivity contribution is 5.94. The zero-order chi connectivity index (χ0) is 23.5. The van der Waals surface area contributed by atoms with Crippen LogP contribution in [0.5, 0.6) is 11.5 Å². The molecule has 2 aromatic carbocycles. The highest BCUT2D eigenvalue weighted by Crippen LogP contribution is 2.39. The number of aliphatic imine (C=N–C) groups is 1. The highest BCUT2D eigenvalue weighted by Gasteiger charge is 2.28. The third-order valence-electron chi connectivity index (χ3n) is 5.68. The normalized spacial score (nSPS) is 16.6. The van der Waals surface area contributed by atoms with Crippen LogP contribution in [0.3, 0.4) is 0 Å². The molecule has 1 aliphatic carbocycles.